The number of carbonyl (C=O) groups excluding carboxylic acids is 1. The summed E-state index contributed by atoms with van der Waals surface area (Å²) in [6.45, 7) is 2.09. The highest BCUT2D eigenvalue weighted by molar-refractivity contribution is 7.99. The third-order valence-corrected chi connectivity index (χ3v) is 2.59. The van der Waals surface area contributed by atoms with Crippen molar-refractivity contribution in [1.29, 1.82) is 0 Å². The van der Waals surface area contributed by atoms with Crippen molar-refractivity contribution in [3.8, 4) is 0 Å². The molecule has 3 nitrogen and oxygen atoms in total. The Labute approximate surface area is 83.2 Å². The average Bonchev–Trinajstić information content (AvgIpc) is 2.11. The van der Waals surface area contributed by atoms with Crippen LogP contribution >= 0.6 is 24.7 Å². The second-order valence-corrected chi connectivity index (χ2v) is 3.81. The number of nitrogens with one attached hydrogen (secondary N) is 1. The van der Waals surface area contributed by atoms with Crippen LogP contribution in [0.5, 0.6) is 0 Å². The van der Waals surface area contributed by atoms with Crippen molar-refractivity contribution in [3.05, 3.63) is 0 Å². The van der Waals surface area contributed by atoms with E-state index in [0.29, 0.717) is 0 Å². The van der Waals surface area contributed by atoms with E-state index in [1.807, 2.05) is 0 Å². The Morgan fingerprint density at radius 3 is 2.83 bits per heavy atom. The van der Waals surface area contributed by atoms with Gasteiger partial charge in [0.15, 0.2) is 0 Å². The minimum absolute atomic E-state index is 0.221. The summed E-state index contributed by atoms with van der Waals surface area (Å²) in [6, 6.07) is -0.221. The first-order chi connectivity index (χ1) is 5.76. The van der Waals surface area contributed by atoms with Crippen molar-refractivity contribution in [3.63, 3.8) is 0 Å². The summed E-state index contributed by atoms with van der Waals surface area (Å²) < 4.78 is 4.32. The molecule has 0 aromatic carbocycles. The van der Waals surface area contributed by atoms with Gasteiger partial charge >= 0.3 is 5.97 Å². The van der Waals surface area contributed by atoms with Crippen LogP contribution in [-0.4, -0.2) is 30.6 Å². The fraction of sp³-hybridized carbons (Fsp3) is 0.857. The third-order valence-electron chi connectivity index (χ3n) is 1.48. The number of thiol groups is 1. The highest BCUT2D eigenvalue weighted by Crippen LogP contribution is 2.05. The van der Waals surface area contributed by atoms with Crippen LogP contribution in [0.25, 0.3) is 0 Å². The Hall–Kier alpha value is 0.130. The molecular weight excluding hydrogens is 194 g/mol. The van der Waals surface area contributed by atoms with Crippen molar-refractivity contribution in [2.45, 2.75) is 19.4 Å². The molecule has 0 radical (unpaired) electrons. The standard InChI is InChI=1S/C7H15NO2S2/c1-3-12-5-4-6(8-2)7(9)10-11/h6,8,11H,3-5H2,1-2H3/t6-/m0/s1. The van der Waals surface area contributed by atoms with Gasteiger partial charge in [0, 0.05) is 12.9 Å². The zero-order valence-electron chi connectivity index (χ0n) is 7.37. The molecule has 0 aliphatic carbocycles. The largest absolute Gasteiger partial charge is 0.393 e. The quantitative estimate of drug-likeness (QED) is 0.390. The summed E-state index contributed by atoms with van der Waals surface area (Å²) in [5, 5.41) is 2.87. The van der Waals surface area contributed by atoms with E-state index in [4.69, 9.17) is 0 Å². The van der Waals surface area contributed by atoms with Crippen LogP contribution < -0.4 is 5.32 Å². The Morgan fingerprint density at radius 2 is 2.42 bits per heavy atom. The van der Waals surface area contributed by atoms with Gasteiger partial charge in [0.2, 0.25) is 0 Å². The van der Waals surface area contributed by atoms with Gasteiger partial charge in [-0.05, 0) is 25.0 Å². The summed E-state index contributed by atoms with van der Waals surface area (Å²) in [6.07, 6.45) is 0.786. The number of likely N-dealkylation sites (N-methyl/N-ethyl adjacent to an activating group) is 1. The minimum atomic E-state index is -0.308. The lowest BCUT2D eigenvalue weighted by Gasteiger charge is -2.11. The van der Waals surface area contributed by atoms with Crippen molar-refractivity contribution >= 4 is 30.6 Å². The molecular formula is C7H15NO2S2. The van der Waals surface area contributed by atoms with Gasteiger partial charge in [-0.1, -0.05) is 6.92 Å². The summed E-state index contributed by atoms with van der Waals surface area (Å²) in [5.41, 5.74) is 0. The molecule has 0 aliphatic rings. The van der Waals surface area contributed by atoms with Gasteiger partial charge in [-0.15, -0.1) is 0 Å². The molecule has 0 fully saturated rings. The molecule has 0 saturated heterocycles. The van der Waals surface area contributed by atoms with Gasteiger partial charge in [0.1, 0.15) is 6.04 Å². The molecule has 0 heterocycles. The van der Waals surface area contributed by atoms with E-state index in [9.17, 15) is 4.79 Å². The van der Waals surface area contributed by atoms with Gasteiger partial charge in [-0.3, -0.25) is 0 Å². The van der Waals surface area contributed by atoms with Gasteiger partial charge in [-0.25, -0.2) is 4.79 Å². The van der Waals surface area contributed by atoms with Crippen LogP contribution in [0.1, 0.15) is 13.3 Å². The maximum absolute atomic E-state index is 11.0. The van der Waals surface area contributed by atoms with E-state index in [2.05, 4.69) is 29.3 Å². The van der Waals surface area contributed by atoms with Gasteiger partial charge < -0.3 is 9.50 Å². The first-order valence-corrected chi connectivity index (χ1v) is 5.38. The molecule has 1 atom stereocenters. The molecule has 12 heavy (non-hydrogen) atoms. The van der Waals surface area contributed by atoms with Crippen LogP contribution in [0.2, 0.25) is 0 Å². The lowest BCUT2D eigenvalue weighted by atomic mass is 10.2. The monoisotopic (exact) mass is 209 g/mol. The summed E-state index contributed by atoms with van der Waals surface area (Å²) in [5.74, 6) is 1.73. The van der Waals surface area contributed by atoms with Crippen molar-refractivity contribution in [2.75, 3.05) is 18.6 Å². The maximum Gasteiger partial charge on any atom is 0.334 e. The SMILES string of the molecule is CCSCC[C@H](NC)C(=O)OS. The molecule has 5 heteroatoms. The maximum atomic E-state index is 11.0. The van der Waals surface area contributed by atoms with Gasteiger partial charge in [-0.2, -0.15) is 11.8 Å². The van der Waals surface area contributed by atoms with E-state index in [0.717, 1.165) is 17.9 Å². The first kappa shape index (κ1) is 12.1. The molecule has 0 aromatic heterocycles. The molecule has 0 bridgehead atoms. The highest BCUT2D eigenvalue weighted by atomic mass is 32.2. The molecule has 0 unspecified atom stereocenters. The number of hydrogen-bond acceptors (Lipinski definition) is 5. The molecule has 72 valence electrons. The molecule has 1 N–H and O–H groups in total. The predicted molar refractivity (Wildman–Crippen MR) is 55.5 cm³/mol. The molecule has 0 aromatic rings. The predicted octanol–water partition coefficient (Wildman–Crippen LogP) is 1.11. The molecule has 0 amide bonds. The molecule has 0 aliphatic heterocycles. The third kappa shape index (κ3) is 4.90. The Morgan fingerprint density at radius 1 is 1.75 bits per heavy atom. The Bertz CT molecular complexity index is 133. The van der Waals surface area contributed by atoms with Gasteiger partial charge in [0.05, 0.1) is 0 Å². The van der Waals surface area contributed by atoms with Crippen LogP contribution in [0.4, 0.5) is 0 Å². The lowest BCUT2D eigenvalue weighted by Crippen LogP contribution is -2.34. The first-order valence-electron chi connectivity index (χ1n) is 3.86. The molecule has 0 saturated carbocycles. The van der Waals surface area contributed by atoms with Crippen molar-refractivity contribution in [1.82, 2.24) is 5.32 Å². The normalized spacial score (nSPS) is 12.6. The van der Waals surface area contributed by atoms with Gasteiger partial charge in [0.25, 0.3) is 0 Å². The van der Waals surface area contributed by atoms with E-state index in [-0.39, 0.29) is 12.0 Å². The zero-order chi connectivity index (χ0) is 9.40. The number of carbonyl (C=O) groups is 1. The van der Waals surface area contributed by atoms with Crippen molar-refractivity contribution < 1.29 is 8.98 Å². The number of rotatable bonds is 6. The van der Waals surface area contributed by atoms with E-state index >= 15 is 0 Å². The van der Waals surface area contributed by atoms with Crippen LogP contribution in [0.15, 0.2) is 0 Å². The van der Waals surface area contributed by atoms with E-state index < -0.39 is 0 Å². The van der Waals surface area contributed by atoms with E-state index in [1.54, 1.807) is 18.8 Å². The molecule has 0 rings (SSSR count). The summed E-state index contributed by atoms with van der Waals surface area (Å²) in [7, 11) is 1.74. The second kappa shape index (κ2) is 7.76. The number of thioether (sulfide) groups is 1. The lowest BCUT2D eigenvalue weighted by molar-refractivity contribution is -0.135. The number of hydrogen-bond donors (Lipinski definition) is 2. The Balaban J connectivity index is 3.60. The van der Waals surface area contributed by atoms with Crippen molar-refractivity contribution in [2.24, 2.45) is 0 Å². The average molecular weight is 209 g/mol. The minimum Gasteiger partial charge on any atom is -0.393 e. The Kier molecular flexibility index (Phi) is 7.85. The van der Waals surface area contributed by atoms with Crippen LogP contribution in [0, 0.1) is 0 Å². The zero-order valence-corrected chi connectivity index (χ0v) is 9.08. The fourth-order valence-electron chi connectivity index (χ4n) is 0.789. The van der Waals surface area contributed by atoms with Crippen LogP contribution in [-0.2, 0) is 8.98 Å². The van der Waals surface area contributed by atoms with E-state index in [1.165, 1.54) is 0 Å². The molecule has 0 spiro atoms. The second-order valence-electron chi connectivity index (χ2n) is 2.24. The topological polar surface area (TPSA) is 38.3 Å². The summed E-state index contributed by atoms with van der Waals surface area (Å²) >= 11 is 5.26. The highest BCUT2D eigenvalue weighted by Gasteiger charge is 2.16. The fourth-order valence-corrected chi connectivity index (χ4v) is 1.61. The summed E-state index contributed by atoms with van der Waals surface area (Å²) in [4.78, 5) is 11.0. The smallest absolute Gasteiger partial charge is 0.334 e. The van der Waals surface area contributed by atoms with Crippen LogP contribution in [0.3, 0.4) is 0 Å².